The largest absolute Gasteiger partial charge is 0.493 e. The molecule has 0 bridgehead atoms. The lowest BCUT2D eigenvalue weighted by Gasteiger charge is -2.39. The average molecular weight is 854 g/mol. The molecule has 4 aliphatic heterocycles. The summed E-state index contributed by atoms with van der Waals surface area (Å²) < 4.78 is 45.3. The zero-order valence-electron chi connectivity index (χ0n) is 34.8. The highest BCUT2D eigenvalue weighted by Crippen LogP contribution is 2.31. The summed E-state index contributed by atoms with van der Waals surface area (Å²) in [6.45, 7) is 5.30. The van der Waals surface area contributed by atoms with Crippen molar-refractivity contribution in [3.63, 3.8) is 0 Å². The summed E-state index contributed by atoms with van der Waals surface area (Å²) in [6, 6.07) is -1.03. The summed E-state index contributed by atoms with van der Waals surface area (Å²) in [5.74, 6) is -5.45. The van der Waals surface area contributed by atoms with Crippen LogP contribution in [0.15, 0.2) is 36.4 Å². The highest BCUT2D eigenvalue weighted by Gasteiger charge is 2.47. The molecule has 2 aromatic carbocycles. The number of amides is 7. The van der Waals surface area contributed by atoms with Gasteiger partial charge in [-0.1, -0.05) is 6.92 Å². The zero-order chi connectivity index (χ0) is 44.1. The number of anilines is 1. The molecule has 330 valence electrons. The molecule has 17 nitrogen and oxygen atoms in total. The Labute approximate surface area is 352 Å². The SMILES string of the molecule is COc1ccc(NC(=O)N[C@@H](Cc2cc(F)cc(F)c2)C(=O)N[C@@H]2C(=O)N3CCC[C@H]3C(=O)N3CCCC[C@H]3C(=O)N[C@@H](C)C(=O)N3C[C@H](C)C[C@H]3C(=O)O[C@H]2C)cc1OC. The number of hydrogen-bond donors (Lipinski definition) is 4. The fourth-order valence-electron chi connectivity index (χ4n) is 8.63. The van der Waals surface area contributed by atoms with Crippen molar-refractivity contribution >= 4 is 47.2 Å². The smallest absolute Gasteiger partial charge is 0.329 e. The topological polar surface area (TPSA) is 205 Å². The van der Waals surface area contributed by atoms with Crippen molar-refractivity contribution in [3.8, 4) is 11.5 Å². The monoisotopic (exact) mass is 853 g/mol. The molecule has 0 radical (unpaired) electrons. The van der Waals surface area contributed by atoms with E-state index in [9.17, 15) is 42.3 Å². The summed E-state index contributed by atoms with van der Waals surface area (Å²) in [5.41, 5.74) is 0.230. The van der Waals surface area contributed by atoms with E-state index in [4.69, 9.17) is 14.2 Å². The van der Waals surface area contributed by atoms with Gasteiger partial charge in [-0.15, -0.1) is 0 Å². The molecular formula is C42H53F2N7O10. The molecule has 0 aliphatic carbocycles. The number of benzene rings is 2. The Morgan fingerprint density at radius 1 is 0.820 bits per heavy atom. The first-order valence-electron chi connectivity index (χ1n) is 20.6. The number of urea groups is 1. The molecule has 4 N–H and O–H groups in total. The van der Waals surface area contributed by atoms with Gasteiger partial charge in [0.2, 0.25) is 29.5 Å². The van der Waals surface area contributed by atoms with Gasteiger partial charge in [-0.3, -0.25) is 24.0 Å². The van der Waals surface area contributed by atoms with Crippen molar-refractivity contribution in [3.05, 3.63) is 53.6 Å². The average Bonchev–Trinajstić information content (AvgIpc) is 3.88. The number of rotatable bonds is 8. The first-order chi connectivity index (χ1) is 29.1. The Bertz CT molecular complexity index is 2020. The normalized spacial score (nSPS) is 26.6. The van der Waals surface area contributed by atoms with Crippen molar-refractivity contribution in [1.29, 1.82) is 0 Å². The van der Waals surface area contributed by atoms with Crippen LogP contribution in [-0.2, 0) is 39.9 Å². The van der Waals surface area contributed by atoms with Gasteiger partial charge >= 0.3 is 12.0 Å². The summed E-state index contributed by atoms with van der Waals surface area (Å²) in [5, 5.41) is 10.5. The van der Waals surface area contributed by atoms with Gasteiger partial charge in [0, 0.05) is 43.9 Å². The molecule has 8 atom stereocenters. The Morgan fingerprint density at radius 2 is 1.49 bits per heavy atom. The molecule has 0 spiro atoms. The third kappa shape index (κ3) is 10.1. The molecular weight excluding hydrogens is 800 g/mol. The second kappa shape index (κ2) is 19.1. The van der Waals surface area contributed by atoms with E-state index in [0.29, 0.717) is 43.2 Å². The molecule has 4 heterocycles. The number of methoxy groups -OCH3 is 2. The van der Waals surface area contributed by atoms with E-state index in [-0.39, 0.29) is 49.6 Å². The lowest BCUT2D eigenvalue weighted by atomic mass is 9.99. The first-order valence-corrected chi connectivity index (χ1v) is 20.6. The molecule has 4 fully saturated rings. The standard InChI is InChI=1S/C42H53F2N7O10/c1-22-15-32-41(57)61-24(3)35(40(56)50-14-8-10-31(50)39(55)49-13-7-6-9-30(49)37(53)45-23(2)38(54)51(32)21-22)48-36(52)29(18-25-16-26(43)19-27(44)17-25)47-42(58)46-28-11-12-33(59-4)34(20-28)60-5/h11-12,16-17,19-20,22-24,29-32,35H,6-10,13-15,18,21H2,1-5H3,(H,45,53)(H,48,52)(H2,46,47,58)/t22-,23+,24+,29+,30+,31+,32+,35+/m1/s1. The fourth-order valence-corrected chi connectivity index (χ4v) is 8.63. The van der Waals surface area contributed by atoms with Crippen LogP contribution in [0.25, 0.3) is 0 Å². The van der Waals surface area contributed by atoms with E-state index in [0.717, 1.165) is 12.1 Å². The van der Waals surface area contributed by atoms with Crippen molar-refractivity contribution in [2.24, 2.45) is 5.92 Å². The summed E-state index contributed by atoms with van der Waals surface area (Å²) >= 11 is 0. The van der Waals surface area contributed by atoms with Gasteiger partial charge in [0.05, 0.1) is 14.2 Å². The number of halogens is 2. The predicted octanol–water partition coefficient (Wildman–Crippen LogP) is 2.26. The number of cyclic esters (lactones) is 1. The van der Waals surface area contributed by atoms with Crippen LogP contribution < -0.4 is 30.7 Å². The number of piperidine rings is 1. The molecule has 0 saturated carbocycles. The number of nitrogens with zero attached hydrogens (tertiary/aromatic N) is 3. The van der Waals surface area contributed by atoms with Crippen LogP contribution in [0.3, 0.4) is 0 Å². The van der Waals surface area contributed by atoms with Gasteiger partial charge in [0.25, 0.3) is 0 Å². The Kier molecular flexibility index (Phi) is 14.0. The van der Waals surface area contributed by atoms with Crippen LogP contribution in [0.2, 0.25) is 0 Å². The zero-order valence-corrected chi connectivity index (χ0v) is 34.8. The molecule has 2 aromatic rings. The van der Waals surface area contributed by atoms with E-state index in [1.54, 1.807) is 0 Å². The van der Waals surface area contributed by atoms with Gasteiger partial charge in [-0.2, -0.15) is 0 Å². The van der Waals surface area contributed by atoms with E-state index in [1.807, 2.05) is 6.92 Å². The van der Waals surface area contributed by atoms with Crippen molar-refractivity contribution in [1.82, 2.24) is 30.7 Å². The van der Waals surface area contributed by atoms with Gasteiger partial charge in [-0.05, 0) is 88.1 Å². The lowest BCUT2D eigenvalue weighted by Crippen LogP contribution is -2.63. The molecule has 0 aromatic heterocycles. The molecule has 4 aliphatic rings. The van der Waals surface area contributed by atoms with Crippen LogP contribution in [0.4, 0.5) is 19.3 Å². The first kappa shape index (κ1) is 44.5. The number of carbonyl (C=O) groups is 7. The van der Waals surface area contributed by atoms with Crippen LogP contribution in [-0.4, -0.2) is 132 Å². The van der Waals surface area contributed by atoms with Crippen molar-refractivity contribution in [2.75, 3.05) is 39.2 Å². The third-order valence-corrected chi connectivity index (χ3v) is 11.7. The number of hydrogen-bond acceptors (Lipinski definition) is 10. The summed E-state index contributed by atoms with van der Waals surface area (Å²) in [6.07, 6.45) is 0.660. The summed E-state index contributed by atoms with van der Waals surface area (Å²) in [7, 11) is 2.84. The second-order valence-electron chi connectivity index (χ2n) is 16.1. The molecule has 6 rings (SSSR count). The van der Waals surface area contributed by atoms with E-state index >= 15 is 0 Å². The third-order valence-electron chi connectivity index (χ3n) is 11.7. The number of ether oxygens (including phenoxy) is 3. The number of esters is 1. The maximum Gasteiger partial charge on any atom is 0.329 e. The minimum Gasteiger partial charge on any atom is -0.493 e. The van der Waals surface area contributed by atoms with E-state index in [2.05, 4.69) is 21.3 Å². The quantitative estimate of drug-likeness (QED) is 0.285. The number of fused-ring (bicyclic) bond motifs is 3. The Morgan fingerprint density at radius 3 is 2.20 bits per heavy atom. The van der Waals surface area contributed by atoms with Gasteiger partial charge < -0.3 is 50.2 Å². The van der Waals surface area contributed by atoms with Crippen LogP contribution in [0.1, 0.15) is 64.9 Å². The highest BCUT2D eigenvalue weighted by molar-refractivity contribution is 5.99. The van der Waals surface area contributed by atoms with Gasteiger partial charge in [0.1, 0.15) is 54.0 Å². The molecule has 19 heteroatoms. The van der Waals surface area contributed by atoms with Crippen LogP contribution >= 0.6 is 0 Å². The minimum atomic E-state index is -1.65. The molecule has 4 saturated heterocycles. The van der Waals surface area contributed by atoms with Crippen LogP contribution in [0, 0.1) is 17.6 Å². The number of nitrogens with one attached hydrogen (secondary N) is 4. The Hall–Kier alpha value is -6.01. The van der Waals surface area contributed by atoms with Gasteiger partial charge in [-0.25, -0.2) is 18.4 Å². The van der Waals surface area contributed by atoms with E-state index in [1.165, 1.54) is 61.0 Å². The predicted molar refractivity (Wildman–Crippen MR) is 214 cm³/mol. The maximum atomic E-state index is 14.7. The lowest BCUT2D eigenvalue weighted by molar-refractivity contribution is -0.163. The molecule has 7 amide bonds. The van der Waals surface area contributed by atoms with Crippen molar-refractivity contribution < 1.29 is 56.6 Å². The summed E-state index contributed by atoms with van der Waals surface area (Å²) in [4.78, 5) is 103. The van der Waals surface area contributed by atoms with E-state index < -0.39 is 102 Å². The Balaban J connectivity index is 1.34. The van der Waals surface area contributed by atoms with Crippen LogP contribution in [0.5, 0.6) is 11.5 Å². The van der Waals surface area contributed by atoms with Crippen molar-refractivity contribution in [2.45, 2.75) is 108 Å². The second-order valence-corrected chi connectivity index (χ2v) is 16.1. The fraction of sp³-hybridized carbons (Fsp3) is 0.548. The molecule has 0 unspecified atom stereocenters. The molecule has 61 heavy (non-hydrogen) atoms. The van der Waals surface area contributed by atoms with Gasteiger partial charge in [0.15, 0.2) is 11.5 Å². The highest BCUT2D eigenvalue weighted by atomic mass is 19.1. The maximum absolute atomic E-state index is 14.7. The minimum absolute atomic E-state index is 0.00692. The number of carbonyl (C=O) groups excluding carboxylic acids is 7.